The van der Waals surface area contributed by atoms with Crippen molar-refractivity contribution in [1.82, 2.24) is 9.80 Å². The van der Waals surface area contributed by atoms with Crippen LogP contribution in [0, 0.1) is 11.8 Å². The Morgan fingerprint density at radius 1 is 1.35 bits per heavy atom. The summed E-state index contributed by atoms with van der Waals surface area (Å²) in [5, 5.41) is 2.13. The van der Waals surface area contributed by atoms with Crippen LogP contribution in [0.5, 0.6) is 0 Å². The summed E-state index contributed by atoms with van der Waals surface area (Å²) in [4.78, 5) is 6.55. The van der Waals surface area contributed by atoms with Gasteiger partial charge in [-0.1, -0.05) is 18.8 Å². The molecule has 1 aliphatic heterocycles. The molecule has 0 aliphatic carbocycles. The third-order valence-corrected chi connectivity index (χ3v) is 4.91. The van der Waals surface area contributed by atoms with Crippen LogP contribution in [0.4, 0.5) is 0 Å². The first-order chi connectivity index (χ1) is 9.72. The first-order valence-corrected chi connectivity index (χ1v) is 8.33. The van der Waals surface area contributed by atoms with E-state index >= 15 is 0 Å². The van der Waals surface area contributed by atoms with Crippen LogP contribution >= 0.6 is 11.3 Å². The van der Waals surface area contributed by atoms with Gasteiger partial charge in [0.2, 0.25) is 0 Å². The van der Waals surface area contributed by atoms with Gasteiger partial charge in [-0.15, -0.1) is 11.3 Å². The first kappa shape index (κ1) is 15.5. The van der Waals surface area contributed by atoms with Gasteiger partial charge in [0.05, 0.1) is 6.54 Å². The molecule has 2 N–H and O–H groups in total. The second-order valence-corrected chi connectivity index (χ2v) is 6.37. The lowest BCUT2D eigenvalue weighted by atomic mass is 10.2. The topological polar surface area (TPSA) is 32.5 Å². The number of hydrogen-bond acceptors (Lipinski definition) is 4. The summed E-state index contributed by atoms with van der Waals surface area (Å²) in [6.45, 7) is 10.8. The minimum Gasteiger partial charge on any atom is -0.320 e. The fraction of sp³-hybridized carbons (Fsp3) is 0.625. The van der Waals surface area contributed by atoms with Crippen LogP contribution in [-0.2, 0) is 6.54 Å². The van der Waals surface area contributed by atoms with Gasteiger partial charge in [-0.05, 0) is 19.4 Å². The van der Waals surface area contributed by atoms with Crippen LogP contribution in [0.1, 0.15) is 30.7 Å². The zero-order chi connectivity index (χ0) is 14.4. The van der Waals surface area contributed by atoms with Crippen molar-refractivity contribution in [1.29, 1.82) is 0 Å². The number of hydrogen-bond donors (Lipinski definition) is 1. The molecular weight excluding hydrogens is 266 g/mol. The molecule has 2 rings (SSSR count). The van der Waals surface area contributed by atoms with E-state index in [1.807, 2.05) is 0 Å². The van der Waals surface area contributed by atoms with E-state index in [1.165, 1.54) is 37.5 Å². The predicted octanol–water partition coefficient (Wildman–Crippen LogP) is 1.97. The molecule has 4 heteroatoms. The van der Waals surface area contributed by atoms with E-state index in [0.29, 0.717) is 6.54 Å². The maximum absolute atomic E-state index is 5.40. The Labute approximate surface area is 126 Å². The molecule has 0 saturated carbocycles. The standard InChI is InChI=1S/C16H25N3S/c1-3-14(2)19-9-7-18(8-10-19)12-16-11-15(13-20-16)5-4-6-17/h11,13-14H,3,6-10,12,17H2,1-2H3. The highest BCUT2D eigenvalue weighted by atomic mass is 32.1. The minimum absolute atomic E-state index is 0.433. The summed E-state index contributed by atoms with van der Waals surface area (Å²) < 4.78 is 0. The van der Waals surface area contributed by atoms with E-state index in [0.717, 1.165) is 18.2 Å². The van der Waals surface area contributed by atoms with Gasteiger partial charge < -0.3 is 5.73 Å². The van der Waals surface area contributed by atoms with Crippen LogP contribution in [0.3, 0.4) is 0 Å². The average molecular weight is 291 g/mol. The van der Waals surface area contributed by atoms with Crippen molar-refractivity contribution in [2.75, 3.05) is 32.7 Å². The number of thiophene rings is 1. The van der Waals surface area contributed by atoms with E-state index in [9.17, 15) is 0 Å². The first-order valence-electron chi connectivity index (χ1n) is 7.45. The molecule has 0 aromatic carbocycles. The molecule has 1 unspecified atom stereocenters. The molecule has 1 aromatic heterocycles. The molecule has 1 saturated heterocycles. The Balaban J connectivity index is 1.82. The van der Waals surface area contributed by atoms with E-state index in [-0.39, 0.29) is 0 Å². The van der Waals surface area contributed by atoms with Crippen molar-refractivity contribution >= 4 is 11.3 Å². The molecule has 1 aromatic rings. The Hall–Kier alpha value is -0.860. The Morgan fingerprint density at radius 2 is 2.10 bits per heavy atom. The highest BCUT2D eigenvalue weighted by Gasteiger charge is 2.20. The van der Waals surface area contributed by atoms with Crippen LogP contribution in [0.15, 0.2) is 11.4 Å². The lowest BCUT2D eigenvalue weighted by Gasteiger charge is -2.37. The van der Waals surface area contributed by atoms with E-state index in [1.54, 1.807) is 11.3 Å². The predicted molar refractivity (Wildman–Crippen MR) is 86.9 cm³/mol. The average Bonchev–Trinajstić information content (AvgIpc) is 2.92. The van der Waals surface area contributed by atoms with Crippen LogP contribution in [0.2, 0.25) is 0 Å². The Kier molecular flexibility index (Phi) is 6.06. The van der Waals surface area contributed by atoms with E-state index < -0.39 is 0 Å². The zero-order valence-electron chi connectivity index (χ0n) is 12.6. The molecule has 1 aliphatic rings. The van der Waals surface area contributed by atoms with Crippen molar-refractivity contribution in [2.45, 2.75) is 32.9 Å². The van der Waals surface area contributed by atoms with Gasteiger partial charge in [-0.2, -0.15) is 0 Å². The van der Waals surface area contributed by atoms with Gasteiger partial charge in [0.25, 0.3) is 0 Å². The minimum atomic E-state index is 0.433. The molecule has 0 bridgehead atoms. The van der Waals surface area contributed by atoms with Gasteiger partial charge in [-0.25, -0.2) is 0 Å². The SMILES string of the molecule is CCC(C)N1CCN(Cc2cc(C#CCN)cs2)CC1. The monoisotopic (exact) mass is 291 g/mol. The lowest BCUT2D eigenvalue weighted by molar-refractivity contribution is 0.0970. The molecule has 2 heterocycles. The van der Waals surface area contributed by atoms with Crippen LogP contribution in [0.25, 0.3) is 0 Å². The highest BCUT2D eigenvalue weighted by molar-refractivity contribution is 7.10. The summed E-state index contributed by atoms with van der Waals surface area (Å²) in [5.74, 6) is 6.01. The van der Waals surface area contributed by atoms with Gasteiger partial charge in [-0.3, -0.25) is 9.80 Å². The van der Waals surface area contributed by atoms with Gasteiger partial charge in [0.1, 0.15) is 0 Å². The molecule has 1 fully saturated rings. The quantitative estimate of drug-likeness (QED) is 0.861. The van der Waals surface area contributed by atoms with Gasteiger partial charge >= 0.3 is 0 Å². The Morgan fingerprint density at radius 3 is 2.75 bits per heavy atom. The molecule has 0 amide bonds. The number of nitrogens with two attached hydrogens (primary N) is 1. The van der Waals surface area contributed by atoms with Crippen molar-refractivity contribution in [3.05, 3.63) is 21.9 Å². The number of nitrogens with zero attached hydrogens (tertiary/aromatic N) is 2. The zero-order valence-corrected chi connectivity index (χ0v) is 13.4. The number of rotatable bonds is 4. The molecule has 1 atom stereocenters. The van der Waals surface area contributed by atoms with Crippen LogP contribution < -0.4 is 5.73 Å². The number of piperazine rings is 1. The smallest absolute Gasteiger partial charge is 0.0555 e. The van der Waals surface area contributed by atoms with Crippen molar-refractivity contribution < 1.29 is 0 Å². The van der Waals surface area contributed by atoms with E-state index in [4.69, 9.17) is 5.73 Å². The highest BCUT2D eigenvalue weighted by Crippen LogP contribution is 2.18. The fourth-order valence-electron chi connectivity index (χ4n) is 2.52. The molecule has 0 radical (unpaired) electrons. The second-order valence-electron chi connectivity index (χ2n) is 5.38. The summed E-state index contributed by atoms with van der Waals surface area (Å²) in [5.41, 5.74) is 6.50. The fourth-order valence-corrected chi connectivity index (χ4v) is 3.38. The summed E-state index contributed by atoms with van der Waals surface area (Å²) in [6, 6.07) is 2.92. The molecule has 3 nitrogen and oxygen atoms in total. The Bertz CT molecular complexity index is 464. The molecule has 110 valence electrons. The van der Waals surface area contributed by atoms with Crippen molar-refractivity contribution in [2.24, 2.45) is 5.73 Å². The molecule has 0 spiro atoms. The summed E-state index contributed by atoms with van der Waals surface area (Å²) in [6.07, 6.45) is 1.24. The molecular formula is C16H25N3S. The largest absolute Gasteiger partial charge is 0.320 e. The normalized spacial score (nSPS) is 18.6. The third kappa shape index (κ3) is 4.32. The lowest BCUT2D eigenvalue weighted by Crippen LogP contribution is -2.48. The third-order valence-electron chi connectivity index (χ3n) is 3.99. The van der Waals surface area contributed by atoms with Crippen molar-refractivity contribution in [3.63, 3.8) is 0 Å². The van der Waals surface area contributed by atoms with Gasteiger partial charge in [0.15, 0.2) is 0 Å². The summed E-state index contributed by atoms with van der Waals surface area (Å²) in [7, 11) is 0. The molecule has 20 heavy (non-hydrogen) atoms. The summed E-state index contributed by atoms with van der Waals surface area (Å²) >= 11 is 1.81. The maximum atomic E-state index is 5.40. The van der Waals surface area contributed by atoms with Crippen molar-refractivity contribution in [3.8, 4) is 11.8 Å². The second kappa shape index (κ2) is 7.80. The van der Waals surface area contributed by atoms with E-state index in [2.05, 4.69) is 46.9 Å². The van der Waals surface area contributed by atoms with Gasteiger partial charge in [0, 0.05) is 54.6 Å². The maximum Gasteiger partial charge on any atom is 0.0555 e. The van der Waals surface area contributed by atoms with Crippen LogP contribution in [-0.4, -0.2) is 48.6 Å².